The zero-order chi connectivity index (χ0) is 22.7. The third-order valence-electron chi connectivity index (χ3n) is 5.82. The van der Waals surface area contributed by atoms with Crippen LogP contribution in [-0.2, 0) is 0 Å². The number of benzene rings is 2. The Bertz CT molecular complexity index is 1090. The van der Waals surface area contributed by atoms with Crippen molar-refractivity contribution in [2.24, 2.45) is 0 Å². The number of aryl methyl sites for hydroxylation is 1. The predicted molar refractivity (Wildman–Crippen MR) is 121 cm³/mol. The zero-order valence-corrected chi connectivity index (χ0v) is 18.8. The van der Waals surface area contributed by atoms with Crippen molar-refractivity contribution in [3.63, 3.8) is 0 Å². The van der Waals surface area contributed by atoms with Gasteiger partial charge in [0.2, 0.25) is 0 Å². The number of amides is 1. The van der Waals surface area contributed by atoms with Crippen LogP contribution < -0.4 is 10.1 Å². The summed E-state index contributed by atoms with van der Waals surface area (Å²) in [5.74, 6) is 0.117. The molecule has 2 aromatic carbocycles. The molecule has 32 heavy (non-hydrogen) atoms. The zero-order valence-electron chi connectivity index (χ0n) is 18.0. The summed E-state index contributed by atoms with van der Waals surface area (Å²) >= 11 is 6.20. The van der Waals surface area contributed by atoms with Crippen LogP contribution in [0.3, 0.4) is 0 Å². The Labute approximate surface area is 191 Å². The summed E-state index contributed by atoms with van der Waals surface area (Å²) in [5, 5.41) is 7.09. The van der Waals surface area contributed by atoms with E-state index in [0.717, 1.165) is 37.2 Å². The van der Waals surface area contributed by atoms with Crippen LogP contribution in [-0.4, -0.2) is 42.7 Å². The molecule has 6 nitrogen and oxygen atoms in total. The van der Waals surface area contributed by atoms with E-state index in [1.165, 1.54) is 12.1 Å². The van der Waals surface area contributed by atoms with Crippen molar-refractivity contribution >= 4 is 17.5 Å². The number of ether oxygens (including phenoxy) is 1. The van der Waals surface area contributed by atoms with Crippen LogP contribution >= 0.6 is 11.6 Å². The third-order valence-corrected chi connectivity index (χ3v) is 6.14. The van der Waals surface area contributed by atoms with Crippen molar-refractivity contribution in [1.82, 2.24) is 15.4 Å². The van der Waals surface area contributed by atoms with Crippen LogP contribution in [0.25, 0.3) is 11.3 Å². The second-order valence-corrected chi connectivity index (χ2v) is 8.18. The number of nitrogens with zero attached hydrogens (tertiary/aromatic N) is 2. The maximum atomic E-state index is 14.5. The minimum absolute atomic E-state index is 0.0528. The second kappa shape index (κ2) is 9.71. The predicted octanol–water partition coefficient (Wildman–Crippen LogP) is 5.02. The first-order valence-corrected chi connectivity index (χ1v) is 10.9. The van der Waals surface area contributed by atoms with Crippen molar-refractivity contribution in [1.29, 1.82) is 0 Å². The average Bonchev–Trinajstić information content (AvgIpc) is 3.44. The van der Waals surface area contributed by atoms with Crippen LogP contribution in [0.1, 0.15) is 40.6 Å². The van der Waals surface area contributed by atoms with Crippen LogP contribution in [0.2, 0.25) is 5.02 Å². The third kappa shape index (κ3) is 4.36. The van der Waals surface area contributed by atoms with Crippen molar-refractivity contribution in [3.05, 3.63) is 70.2 Å². The molecule has 4 rings (SSSR count). The fourth-order valence-corrected chi connectivity index (χ4v) is 4.50. The lowest BCUT2D eigenvalue weighted by molar-refractivity contribution is 0.0936. The molecule has 0 spiro atoms. The van der Waals surface area contributed by atoms with Gasteiger partial charge in [-0.3, -0.25) is 9.69 Å². The van der Waals surface area contributed by atoms with E-state index in [2.05, 4.69) is 15.4 Å². The topological polar surface area (TPSA) is 67.6 Å². The number of nitrogens with one attached hydrogen (secondary N) is 1. The van der Waals surface area contributed by atoms with Gasteiger partial charge in [0, 0.05) is 12.1 Å². The lowest BCUT2D eigenvalue weighted by atomic mass is 10.0. The van der Waals surface area contributed by atoms with Crippen LogP contribution in [0.5, 0.6) is 5.75 Å². The normalized spacial score (nSPS) is 15.0. The molecule has 3 aromatic rings. The molecular weight excluding hydrogens is 433 g/mol. The van der Waals surface area contributed by atoms with Crippen molar-refractivity contribution in [2.45, 2.75) is 25.8 Å². The average molecular weight is 458 g/mol. The van der Waals surface area contributed by atoms with E-state index in [1.54, 1.807) is 20.1 Å². The summed E-state index contributed by atoms with van der Waals surface area (Å²) in [5.41, 5.74) is 1.34. The Morgan fingerprint density at radius 1 is 1.25 bits per heavy atom. The van der Waals surface area contributed by atoms with E-state index in [-0.39, 0.29) is 27.9 Å². The summed E-state index contributed by atoms with van der Waals surface area (Å²) in [7, 11) is 1.64. The van der Waals surface area contributed by atoms with E-state index in [9.17, 15) is 9.18 Å². The fourth-order valence-electron chi connectivity index (χ4n) is 4.24. The highest BCUT2D eigenvalue weighted by molar-refractivity contribution is 6.33. The second-order valence-electron chi connectivity index (χ2n) is 7.77. The fraction of sp³-hybridized carbons (Fsp3) is 0.333. The smallest absolute Gasteiger partial charge is 0.257 e. The Morgan fingerprint density at radius 2 is 2.00 bits per heavy atom. The number of hydrogen-bond donors (Lipinski definition) is 1. The molecule has 1 atom stereocenters. The van der Waals surface area contributed by atoms with E-state index in [1.807, 2.05) is 24.3 Å². The van der Waals surface area contributed by atoms with Gasteiger partial charge in [-0.1, -0.05) is 41.0 Å². The molecule has 0 bridgehead atoms. The molecule has 1 saturated heterocycles. The van der Waals surface area contributed by atoms with Gasteiger partial charge in [0.1, 0.15) is 28.6 Å². The van der Waals surface area contributed by atoms with E-state index >= 15 is 0 Å². The van der Waals surface area contributed by atoms with Gasteiger partial charge in [-0.2, -0.15) is 0 Å². The monoisotopic (exact) mass is 457 g/mol. The molecule has 2 heterocycles. The summed E-state index contributed by atoms with van der Waals surface area (Å²) < 4.78 is 25.3. The molecule has 0 saturated carbocycles. The van der Waals surface area contributed by atoms with Gasteiger partial charge < -0.3 is 14.6 Å². The number of hydrogen-bond acceptors (Lipinski definition) is 5. The molecule has 1 aliphatic rings. The maximum absolute atomic E-state index is 14.5. The molecular formula is C24H25ClFN3O3. The van der Waals surface area contributed by atoms with E-state index in [0.29, 0.717) is 12.3 Å². The molecule has 168 valence electrons. The Hall–Kier alpha value is -2.90. The van der Waals surface area contributed by atoms with Gasteiger partial charge in [0.25, 0.3) is 5.91 Å². The number of rotatable bonds is 7. The van der Waals surface area contributed by atoms with Gasteiger partial charge in [0.15, 0.2) is 0 Å². The van der Waals surface area contributed by atoms with Gasteiger partial charge in [-0.15, -0.1) is 0 Å². The van der Waals surface area contributed by atoms with E-state index in [4.69, 9.17) is 20.9 Å². The number of carbonyl (C=O) groups excluding carboxylic acids is 1. The largest absolute Gasteiger partial charge is 0.496 e. The Kier molecular flexibility index (Phi) is 6.77. The summed E-state index contributed by atoms with van der Waals surface area (Å²) in [6.07, 6.45) is 2.22. The minimum atomic E-state index is -0.566. The molecule has 0 aliphatic carbocycles. The minimum Gasteiger partial charge on any atom is -0.496 e. The molecule has 1 N–H and O–H groups in total. The number of methoxy groups -OCH3 is 1. The first-order chi connectivity index (χ1) is 15.5. The molecule has 1 fully saturated rings. The SMILES string of the molecule is COc1ccccc1C(CNC(=O)c1c(-c2c(F)cccc2Cl)noc1C)N1CCCC1. The molecule has 1 unspecified atom stereocenters. The lowest BCUT2D eigenvalue weighted by Gasteiger charge is -2.29. The number of likely N-dealkylation sites (tertiary alicyclic amines) is 1. The van der Waals surface area contributed by atoms with Gasteiger partial charge in [-0.05, 0) is 51.1 Å². The number of halogens is 2. The standard InChI is InChI=1S/C24H25ClFN3O3/c1-15-21(23(28-32-15)22-17(25)9-7-10-18(22)26)24(30)27-14-19(29-12-5-6-13-29)16-8-3-4-11-20(16)31-2/h3-4,7-11,19H,5-6,12-14H2,1-2H3,(H,27,30). The first-order valence-electron chi connectivity index (χ1n) is 10.6. The van der Waals surface area contributed by atoms with Gasteiger partial charge >= 0.3 is 0 Å². The maximum Gasteiger partial charge on any atom is 0.257 e. The van der Waals surface area contributed by atoms with Crippen LogP contribution in [0.4, 0.5) is 4.39 Å². The number of para-hydroxylation sites is 1. The van der Waals surface area contributed by atoms with E-state index < -0.39 is 11.7 Å². The quantitative estimate of drug-likeness (QED) is 0.539. The highest BCUT2D eigenvalue weighted by atomic mass is 35.5. The first kappa shape index (κ1) is 22.3. The summed E-state index contributed by atoms with van der Waals surface area (Å²) in [6.45, 7) is 3.87. The highest BCUT2D eigenvalue weighted by Gasteiger charge is 2.29. The molecule has 1 amide bonds. The molecule has 1 aliphatic heterocycles. The van der Waals surface area contributed by atoms with Gasteiger partial charge in [0.05, 0.1) is 23.7 Å². The van der Waals surface area contributed by atoms with Crippen LogP contribution in [0, 0.1) is 12.7 Å². The van der Waals surface area contributed by atoms with Crippen molar-refractivity contribution in [3.8, 4) is 17.0 Å². The highest BCUT2D eigenvalue weighted by Crippen LogP contribution is 2.34. The Morgan fingerprint density at radius 3 is 2.72 bits per heavy atom. The lowest BCUT2D eigenvalue weighted by Crippen LogP contribution is -2.37. The number of carbonyl (C=O) groups is 1. The Balaban J connectivity index is 1.62. The summed E-state index contributed by atoms with van der Waals surface area (Å²) in [6, 6.07) is 12.1. The molecule has 0 radical (unpaired) electrons. The molecule has 8 heteroatoms. The number of aromatic nitrogens is 1. The van der Waals surface area contributed by atoms with Crippen molar-refractivity contribution in [2.75, 3.05) is 26.7 Å². The molecule has 1 aromatic heterocycles. The van der Waals surface area contributed by atoms with Crippen molar-refractivity contribution < 1.29 is 18.4 Å². The summed E-state index contributed by atoms with van der Waals surface area (Å²) in [4.78, 5) is 15.6. The van der Waals surface area contributed by atoms with Crippen LogP contribution in [0.15, 0.2) is 47.0 Å². The van der Waals surface area contributed by atoms with Gasteiger partial charge in [-0.25, -0.2) is 4.39 Å².